The fourth-order valence-electron chi connectivity index (χ4n) is 0.927. The summed E-state index contributed by atoms with van der Waals surface area (Å²) in [4.78, 5) is 0. The zero-order valence-corrected chi connectivity index (χ0v) is 8.64. The molecule has 0 aliphatic heterocycles. The van der Waals surface area contributed by atoms with Crippen molar-refractivity contribution in [3.63, 3.8) is 0 Å². The third kappa shape index (κ3) is 4.08. The van der Waals surface area contributed by atoms with E-state index in [9.17, 15) is 0 Å². The SMILES string of the molecule is CCSCCOc1ccc(N)cc1. The van der Waals surface area contributed by atoms with Gasteiger partial charge in [0.1, 0.15) is 5.75 Å². The lowest BCUT2D eigenvalue weighted by Gasteiger charge is -2.04. The zero-order valence-electron chi connectivity index (χ0n) is 7.82. The predicted molar refractivity (Wildman–Crippen MR) is 59.3 cm³/mol. The summed E-state index contributed by atoms with van der Waals surface area (Å²) in [5, 5.41) is 0. The first kappa shape index (κ1) is 10.3. The van der Waals surface area contributed by atoms with Gasteiger partial charge < -0.3 is 10.5 Å². The summed E-state index contributed by atoms with van der Waals surface area (Å²) < 4.78 is 5.49. The highest BCUT2D eigenvalue weighted by Gasteiger charge is 1.92. The lowest BCUT2D eigenvalue weighted by atomic mass is 10.3. The Morgan fingerprint density at radius 2 is 2.00 bits per heavy atom. The van der Waals surface area contributed by atoms with E-state index in [1.54, 1.807) is 0 Å². The van der Waals surface area contributed by atoms with Crippen LogP contribution in [0.3, 0.4) is 0 Å². The number of nitrogens with two attached hydrogens (primary N) is 1. The molecule has 0 heterocycles. The smallest absolute Gasteiger partial charge is 0.119 e. The van der Waals surface area contributed by atoms with E-state index < -0.39 is 0 Å². The topological polar surface area (TPSA) is 35.2 Å². The van der Waals surface area contributed by atoms with E-state index in [0.717, 1.165) is 29.5 Å². The molecule has 0 saturated heterocycles. The first-order chi connectivity index (χ1) is 6.33. The van der Waals surface area contributed by atoms with Crippen LogP contribution in [0, 0.1) is 0 Å². The van der Waals surface area contributed by atoms with Crippen LogP contribution in [0.2, 0.25) is 0 Å². The highest BCUT2D eigenvalue weighted by atomic mass is 32.2. The van der Waals surface area contributed by atoms with Gasteiger partial charge in [0.25, 0.3) is 0 Å². The van der Waals surface area contributed by atoms with E-state index in [2.05, 4.69) is 6.92 Å². The second kappa shape index (κ2) is 5.75. The van der Waals surface area contributed by atoms with Crippen molar-refractivity contribution in [2.24, 2.45) is 0 Å². The summed E-state index contributed by atoms with van der Waals surface area (Å²) in [6.07, 6.45) is 0. The van der Waals surface area contributed by atoms with Gasteiger partial charge in [-0.25, -0.2) is 0 Å². The summed E-state index contributed by atoms with van der Waals surface area (Å²) in [6, 6.07) is 7.49. The van der Waals surface area contributed by atoms with Gasteiger partial charge >= 0.3 is 0 Å². The molecular formula is C10H15NOS. The van der Waals surface area contributed by atoms with Crippen molar-refractivity contribution in [3.8, 4) is 5.75 Å². The Labute approximate surface area is 83.5 Å². The normalized spacial score (nSPS) is 9.92. The van der Waals surface area contributed by atoms with E-state index in [4.69, 9.17) is 10.5 Å². The van der Waals surface area contributed by atoms with Gasteiger partial charge in [-0.3, -0.25) is 0 Å². The molecular weight excluding hydrogens is 182 g/mol. The maximum atomic E-state index is 5.54. The molecule has 1 rings (SSSR count). The van der Waals surface area contributed by atoms with Crippen LogP contribution >= 0.6 is 11.8 Å². The fraction of sp³-hybridized carbons (Fsp3) is 0.400. The molecule has 1 aromatic carbocycles. The van der Waals surface area contributed by atoms with Gasteiger partial charge in [0.15, 0.2) is 0 Å². The van der Waals surface area contributed by atoms with Crippen LogP contribution in [0.4, 0.5) is 5.69 Å². The molecule has 3 heteroatoms. The highest BCUT2D eigenvalue weighted by Crippen LogP contribution is 2.13. The molecule has 13 heavy (non-hydrogen) atoms. The largest absolute Gasteiger partial charge is 0.493 e. The lowest BCUT2D eigenvalue weighted by Crippen LogP contribution is -2.00. The molecule has 0 bridgehead atoms. The molecule has 0 aliphatic rings. The number of anilines is 1. The quantitative estimate of drug-likeness (QED) is 0.581. The summed E-state index contributed by atoms with van der Waals surface area (Å²) in [6.45, 7) is 2.91. The zero-order chi connectivity index (χ0) is 9.52. The second-order valence-corrected chi connectivity index (χ2v) is 4.01. The van der Waals surface area contributed by atoms with E-state index in [-0.39, 0.29) is 0 Å². The monoisotopic (exact) mass is 197 g/mol. The number of ether oxygens (including phenoxy) is 1. The van der Waals surface area contributed by atoms with Crippen LogP contribution in [-0.2, 0) is 0 Å². The van der Waals surface area contributed by atoms with Gasteiger partial charge in [-0.05, 0) is 30.0 Å². The summed E-state index contributed by atoms with van der Waals surface area (Å²) in [5.41, 5.74) is 6.32. The molecule has 0 saturated carbocycles. The van der Waals surface area contributed by atoms with Crippen LogP contribution < -0.4 is 10.5 Å². The number of hydrogen-bond acceptors (Lipinski definition) is 3. The molecule has 2 N–H and O–H groups in total. The third-order valence-electron chi connectivity index (χ3n) is 1.58. The van der Waals surface area contributed by atoms with E-state index in [0.29, 0.717) is 0 Å². The Kier molecular flexibility index (Phi) is 4.54. The van der Waals surface area contributed by atoms with Crippen LogP contribution in [0.1, 0.15) is 6.92 Å². The molecule has 2 nitrogen and oxygen atoms in total. The van der Waals surface area contributed by atoms with Gasteiger partial charge in [-0.1, -0.05) is 6.92 Å². The molecule has 72 valence electrons. The molecule has 0 spiro atoms. The predicted octanol–water partition coefficient (Wildman–Crippen LogP) is 2.40. The summed E-state index contributed by atoms with van der Waals surface area (Å²) in [5.74, 6) is 3.08. The minimum absolute atomic E-state index is 0.766. The van der Waals surface area contributed by atoms with Gasteiger partial charge in [-0.2, -0.15) is 11.8 Å². The van der Waals surface area contributed by atoms with Gasteiger partial charge in [0.05, 0.1) is 6.61 Å². The molecule has 0 aromatic heterocycles. The highest BCUT2D eigenvalue weighted by molar-refractivity contribution is 7.99. The Bertz CT molecular complexity index is 235. The Morgan fingerprint density at radius 3 is 2.62 bits per heavy atom. The van der Waals surface area contributed by atoms with Crippen LogP contribution in [0.25, 0.3) is 0 Å². The van der Waals surface area contributed by atoms with Crippen molar-refractivity contribution in [2.75, 3.05) is 23.8 Å². The molecule has 0 atom stereocenters. The van der Waals surface area contributed by atoms with E-state index in [1.807, 2.05) is 36.0 Å². The van der Waals surface area contributed by atoms with Crippen molar-refractivity contribution in [1.29, 1.82) is 0 Å². The Morgan fingerprint density at radius 1 is 1.31 bits per heavy atom. The van der Waals surface area contributed by atoms with Crippen LogP contribution in [-0.4, -0.2) is 18.1 Å². The van der Waals surface area contributed by atoms with Crippen molar-refractivity contribution < 1.29 is 4.74 Å². The van der Waals surface area contributed by atoms with Gasteiger partial charge in [0, 0.05) is 11.4 Å². The number of thioether (sulfide) groups is 1. The van der Waals surface area contributed by atoms with E-state index >= 15 is 0 Å². The van der Waals surface area contributed by atoms with Crippen molar-refractivity contribution in [3.05, 3.63) is 24.3 Å². The lowest BCUT2D eigenvalue weighted by molar-refractivity contribution is 0.344. The average Bonchev–Trinajstić information content (AvgIpc) is 2.15. The molecule has 0 radical (unpaired) electrons. The van der Waals surface area contributed by atoms with E-state index in [1.165, 1.54) is 0 Å². The number of nitrogen functional groups attached to an aromatic ring is 1. The Balaban J connectivity index is 2.25. The molecule has 0 unspecified atom stereocenters. The maximum absolute atomic E-state index is 5.54. The van der Waals surface area contributed by atoms with Crippen molar-refractivity contribution in [2.45, 2.75) is 6.92 Å². The van der Waals surface area contributed by atoms with Crippen molar-refractivity contribution >= 4 is 17.4 Å². The van der Waals surface area contributed by atoms with Crippen LogP contribution in [0.15, 0.2) is 24.3 Å². The first-order valence-electron chi connectivity index (χ1n) is 4.39. The fourth-order valence-corrected chi connectivity index (χ4v) is 1.42. The van der Waals surface area contributed by atoms with Gasteiger partial charge in [-0.15, -0.1) is 0 Å². The molecule has 1 aromatic rings. The minimum atomic E-state index is 0.766. The number of rotatable bonds is 5. The second-order valence-electron chi connectivity index (χ2n) is 2.61. The maximum Gasteiger partial charge on any atom is 0.119 e. The van der Waals surface area contributed by atoms with Crippen LogP contribution in [0.5, 0.6) is 5.75 Å². The molecule has 0 aliphatic carbocycles. The summed E-state index contributed by atoms with van der Waals surface area (Å²) >= 11 is 1.88. The minimum Gasteiger partial charge on any atom is -0.493 e. The standard InChI is InChI=1S/C10H15NOS/c1-2-13-8-7-12-10-5-3-9(11)4-6-10/h3-6H,2,7-8,11H2,1H3. The Hall–Kier alpha value is -0.830. The van der Waals surface area contributed by atoms with Gasteiger partial charge in [0.2, 0.25) is 0 Å². The molecule has 0 fully saturated rings. The number of hydrogen-bond donors (Lipinski definition) is 1. The molecule has 0 amide bonds. The number of benzene rings is 1. The van der Waals surface area contributed by atoms with Crippen molar-refractivity contribution in [1.82, 2.24) is 0 Å². The average molecular weight is 197 g/mol. The third-order valence-corrected chi connectivity index (χ3v) is 2.44. The summed E-state index contributed by atoms with van der Waals surface area (Å²) in [7, 11) is 0. The first-order valence-corrected chi connectivity index (χ1v) is 5.54.